The van der Waals surface area contributed by atoms with Crippen molar-refractivity contribution in [1.29, 1.82) is 5.26 Å². The van der Waals surface area contributed by atoms with E-state index in [1.54, 1.807) is 17.0 Å². The van der Waals surface area contributed by atoms with Gasteiger partial charge < -0.3 is 15.0 Å². The monoisotopic (exact) mass is 496 g/mol. The van der Waals surface area contributed by atoms with Crippen molar-refractivity contribution in [2.75, 3.05) is 25.1 Å². The fourth-order valence-corrected chi connectivity index (χ4v) is 4.04. The zero-order chi connectivity index (χ0) is 25.7. The van der Waals surface area contributed by atoms with Crippen molar-refractivity contribution in [2.45, 2.75) is 31.5 Å². The number of nitriles is 1. The van der Waals surface area contributed by atoms with Crippen LogP contribution < -0.4 is 15.0 Å². The maximum Gasteiger partial charge on any atom is 0.451 e. The summed E-state index contributed by atoms with van der Waals surface area (Å²) in [4.78, 5) is 26.0. The lowest BCUT2D eigenvalue weighted by Crippen LogP contribution is -2.44. The van der Waals surface area contributed by atoms with E-state index in [0.717, 1.165) is 5.56 Å². The average molecular weight is 496 g/mol. The maximum atomic E-state index is 13.6. The van der Waals surface area contributed by atoms with Crippen LogP contribution in [0.5, 0.6) is 5.88 Å². The highest BCUT2D eigenvalue weighted by Gasteiger charge is 2.38. The van der Waals surface area contributed by atoms with Crippen molar-refractivity contribution in [1.82, 2.24) is 20.3 Å². The lowest BCUT2D eigenvalue weighted by molar-refractivity contribution is -0.144. The molecule has 3 aromatic rings. The van der Waals surface area contributed by atoms with Gasteiger partial charge in [0.25, 0.3) is 0 Å². The van der Waals surface area contributed by atoms with Crippen LogP contribution in [0.25, 0.3) is 11.3 Å². The van der Waals surface area contributed by atoms with Crippen LogP contribution in [0.1, 0.15) is 29.8 Å². The minimum atomic E-state index is -4.76. The number of nitrogens with one attached hydrogen (secondary N) is 1. The molecule has 1 N–H and O–H groups in total. The number of methoxy groups -OCH3 is 1. The third-order valence-corrected chi connectivity index (χ3v) is 5.85. The number of anilines is 1. The average Bonchev–Trinajstić information content (AvgIpc) is 3.38. The Kier molecular flexibility index (Phi) is 7.33. The largest absolute Gasteiger partial charge is 0.481 e. The lowest BCUT2D eigenvalue weighted by atomic mass is 10.1. The molecule has 3 heterocycles. The number of amides is 1. The summed E-state index contributed by atoms with van der Waals surface area (Å²) in [6.45, 7) is 0.746. The van der Waals surface area contributed by atoms with Gasteiger partial charge in [-0.3, -0.25) is 4.79 Å². The van der Waals surface area contributed by atoms with Crippen molar-refractivity contribution in [3.8, 4) is 23.2 Å². The van der Waals surface area contributed by atoms with Gasteiger partial charge in [0.2, 0.25) is 17.6 Å². The molecular formula is C25H23F3N6O2. The van der Waals surface area contributed by atoms with Crippen LogP contribution in [0.3, 0.4) is 0 Å². The molecule has 11 heteroatoms. The molecule has 0 saturated carbocycles. The molecule has 0 bridgehead atoms. The Balaban J connectivity index is 1.54. The summed E-state index contributed by atoms with van der Waals surface area (Å²) < 4.78 is 46.0. The van der Waals surface area contributed by atoms with Gasteiger partial charge in [0.1, 0.15) is 11.9 Å². The number of pyridine rings is 1. The Morgan fingerprint density at radius 3 is 2.69 bits per heavy atom. The van der Waals surface area contributed by atoms with Gasteiger partial charge in [0.15, 0.2) is 0 Å². The SMILES string of the molecule is COc1cc(-c2cc(N3CCCC3C(=O)NCCc3ccc(C#N)cc3)nc(C(F)(F)F)n2)ccn1. The molecule has 1 aliphatic rings. The highest BCUT2D eigenvalue weighted by molar-refractivity contribution is 5.85. The van der Waals surface area contributed by atoms with Gasteiger partial charge in [-0.05, 0) is 43.0 Å². The smallest absolute Gasteiger partial charge is 0.451 e. The van der Waals surface area contributed by atoms with Crippen LogP contribution in [-0.2, 0) is 17.4 Å². The molecule has 1 unspecified atom stereocenters. The predicted molar refractivity (Wildman–Crippen MR) is 125 cm³/mol. The molecule has 0 radical (unpaired) electrons. The summed E-state index contributed by atoms with van der Waals surface area (Å²) in [7, 11) is 1.41. The van der Waals surface area contributed by atoms with Crippen molar-refractivity contribution < 1.29 is 22.7 Å². The van der Waals surface area contributed by atoms with Gasteiger partial charge in [-0.2, -0.15) is 18.4 Å². The number of benzene rings is 1. The normalized spacial score (nSPS) is 15.4. The molecule has 4 rings (SSSR count). The first-order chi connectivity index (χ1) is 17.3. The van der Waals surface area contributed by atoms with Crippen molar-refractivity contribution in [2.24, 2.45) is 0 Å². The van der Waals surface area contributed by atoms with E-state index in [1.807, 2.05) is 12.1 Å². The minimum absolute atomic E-state index is 0.0350. The fraction of sp³-hybridized carbons (Fsp3) is 0.320. The molecule has 8 nitrogen and oxygen atoms in total. The number of hydrogen-bond donors (Lipinski definition) is 1. The van der Waals surface area contributed by atoms with Gasteiger partial charge in [-0.1, -0.05) is 12.1 Å². The number of ether oxygens (including phenoxy) is 1. The van der Waals surface area contributed by atoms with E-state index < -0.39 is 18.0 Å². The summed E-state index contributed by atoms with van der Waals surface area (Å²) in [5.41, 5.74) is 1.95. The Bertz CT molecular complexity index is 1270. The maximum absolute atomic E-state index is 13.6. The zero-order valence-corrected chi connectivity index (χ0v) is 19.4. The molecule has 1 atom stereocenters. The van der Waals surface area contributed by atoms with Crippen molar-refractivity contribution in [3.05, 3.63) is 65.6 Å². The molecule has 0 spiro atoms. The summed E-state index contributed by atoms with van der Waals surface area (Å²) in [5.74, 6) is -1.28. The van der Waals surface area contributed by atoms with Crippen LogP contribution >= 0.6 is 0 Å². The third kappa shape index (κ3) is 5.71. The first-order valence-corrected chi connectivity index (χ1v) is 11.3. The highest BCUT2D eigenvalue weighted by Crippen LogP contribution is 2.33. The van der Waals surface area contributed by atoms with E-state index in [4.69, 9.17) is 10.00 Å². The summed E-state index contributed by atoms with van der Waals surface area (Å²) >= 11 is 0. The second kappa shape index (κ2) is 10.6. The number of hydrogen-bond acceptors (Lipinski definition) is 7. The number of carbonyl (C=O) groups is 1. The Hall–Kier alpha value is -4.20. The molecule has 1 amide bonds. The number of aromatic nitrogens is 3. The second-order valence-corrected chi connectivity index (χ2v) is 8.22. The van der Waals surface area contributed by atoms with Gasteiger partial charge in [-0.25, -0.2) is 15.0 Å². The number of carbonyl (C=O) groups excluding carboxylic acids is 1. The van der Waals surface area contributed by atoms with Crippen LogP contribution in [0.15, 0.2) is 48.7 Å². The molecule has 0 aliphatic carbocycles. The van der Waals surface area contributed by atoms with Crippen LogP contribution in [0.4, 0.5) is 19.0 Å². The standard InChI is InChI=1S/C25H23F3N6O2/c1-36-22-13-18(9-11-30-22)19-14-21(33-24(32-19)25(26,27)28)34-12-2-3-20(34)23(35)31-10-8-16-4-6-17(15-29)7-5-16/h4-7,9,11,13-14,20H,2-3,8,10,12H2,1H3,(H,31,35). The summed E-state index contributed by atoms with van der Waals surface area (Å²) in [6, 6.07) is 12.9. The second-order valence-electron chi connectivity index (χ2n) is 8.22. The summed E-state index contributed by atoms with van der Waals surface area (Å²) in [5, 5.41) is 11.8. The van der Waals surface area contributed by atoms with E-state index in [2.05, 4.69) is 26.3 Å². The van der Waals surface area contributed by atoms with E-state index in [1.165, 1.54) is 31.5 Å². The molecule has 2 aromatic heterocycles. The molecular weight excluding hydrogens is 473 g/mol. The minimum Gasteiger partial charge on any atom is -0.481 e. The number of alkyl halides is 3. The van der Waals surface area contributed by atoms with Gasteiger partial charge >= 0.3 is 6.18 Å². The summed E-state index contributed by atoms with van der Waals surface area (Å²) in [6.07, 6.45) is -1.66. The fourth-order valence-electron chi connectivity index (χ4n) is 4.04. The topological polar surface area (TPSA) is 104 Å². The van der Waals surface area contributed by atoms with Crippen LogP contribution in [-0.4, -0.2) is 47.1 Å². The van der Waals surface area contributed by atoms with Crippen LogP contribution in [0, 0.1) is 11.3 Å². The highest BCUT2D eigenvalue weighted by atomic mass is 19.4. The number of halogens is 3. The number of nitrogens with zero attached hydrogens (tertiary/aromatic N) is 5. The quantitative estimate of drug-likeness (QED) is 0.531. The molecule has 36 heavy (non-hydrogen) atoms. The van der Waals surface area contributed by atoms with Gasteiger partial charge in [-0.15, -0.1) is 0 Å². The van der Waals surface area contributed by atoms with Gasteiger partial charge in [0, 0.05) is 37.0 Å². The van der Waals surface area contributed by atoms with Gasteiger partial charge in [0.05, 0.1) is 24.4 Å². The lowest BCUT2D eigenvalue weighted by Gasteiger charge is -2.26. The molecule has 186 valence electrons. The third-order valence-electron chi connectivity index (χ3n) is 5.85. The molecule has 1 aromatic carbocycles. The molecule has 1 fully saturated rings. The Morgan fingerprint density at radius 1 is 1.22 bits per heavy atom. The Labute approximate surface area is 205 Å². The Morgan fingerprint density at radius 2 is 2.00 bits per heavy atom. The van der Waals surface area contributed by atoms with E-state index in [-0.39, 0.29) is 23.3 Å². The van der Waals surface area contributed by atoms with E-state index >= 15 is 0 Å². The zero-order valence-electron chi connectivity index (χ0n) is 19.4. The van der Waals surface area contributed by atoms with Crippen molar-refractivity contribution >= 4 is 11.7 Å². The van der Waals surface area contributed by atoms with Crippen molar-refractivity contribution in [3.63, 3.8) is 0 Å². The van der Waals surface area contributed by atoms with E-state index in [0.29, 0.717) is 43.5 Å². The molecule has 1 aliphatic heterocycles. The van der Waals surface area contributed by atoms with Crippen LogP contribution in [0.2, 0.25) is 0 Å². The first-order valence-electron chi connectivity index (χ1n) is 11.3. The first kappa shape index (κ1) is 24.9. The van der Waals surface area contributed by atoms with E-state index in [9.17, 15) is 18.0 Å². The predicted octanol–water partition coefficient (Wildman–Crippen LogP) is 3.77. The number of rotatable bonds is 7. The molecule has 1 saturated heterocycles.